The Morgan fingerprint density at radius 2 is 0.878 bits per heavy atom. The molecule has 0 saturated heterocycles. The molecular formula is C69H77BN4. The molecule has 7 aromatic rings. The van der Waals surface area contributed by atoms with E-state index in [1.54, 1.807) is 0 Å². The lowest BCUT2D eigenvalue weighted by atomic mass is 9.33. The minimum Gasteiger partial charge on any atom is -0.334 e. The summed E-state index contributed by atoms with van der Waals surface area (Å²) in [5.41, 5.74) is 23.7. The smallest absolute Gasteiger partial charge is 0.252 e. The Bertz CT molecular complexity index is 3440. The van der Waals surface area contributed by atoms with Gasteiger partial charge in [0.25, 0.3) is 6.71 Å². The van der Waals surface area contributed by atoms with Gasteiger partial charge in [0.1, 0.15) is 0 Å². The van der Waals surface area contributed by atoms with Crippen LogP contribution in [0.2, 0.25) is 0 Å². The van der Waals surface area contributed by atoms with E-state index in [0.717, 1.165) is 6.42 Å². The van der Waals surface area contributed by atoms with Crippen LogP contribution in [0, 0.1) is 0 Å². The molecule has 2 aliphatic carbocycles. The molecule has 6 aliphatic rings. The molecule has 4 unspecified atom stereocenters. The van der Waals surface area contributed by atoms with Gasteiger partial charge in [0.15, 0.2) is 0 Å². The molecule has 7 aromatic carbocycles. The number of hydrogen-bond acceptors (Lipinski definition) is 4. The van der Waals surface area contributed by atoms with Crippen LogP contribution in [-0.4, -0.2) is 17.8 Å². The quantitative estimate of drug-likeness (QED) is 0.163. The molecule has 4 aliphatic heterocycles. The molecule has 0 aromatic heterocycles. The van der Waals surface area contributed by atoms with Gasteiger partial charge in [-0.25, -0.2) is 0 Å². The van der Waals surface area contributed by atoms with Crippen molar-refractivity contribution in [2.24, 2.45) is 0 Å². The molecule has 0 amide bonds. The van der Waals surface area contributed by atoms with E-state index in [1.807, 2.05) is 0 Å². The molecule has 4 nitrogen and oxygen atoms in total. The Kier molecular flexibility index (Phi) is 10.1. The molecule has 13 rings (SSSR count). The first-order chi connectivity index (χ1) is 35.1. The largest absolute Gasteiger partial charge is 0.334 e. The van der Waals surface area contributed by atoms with Crippen molar-refractivity contribution < 1.29 is 0 Å². The summed E-state index contributed by atoms with van der Waals surface area (Å²) in [6, 6.07) is 58.1. The van der Waals surface area contributed by atoms with E-state index in [2.05, 4.69) is 255 Å². The molecule has 2 fully saturated rings. The average Bonchev–Trinajstić information content (AvgIpc) is 4.02. The van der Waals surface area contributed by atoms with Gasteiger partial charge in [0, 0.05) is 67.7 Å². The van der Waals surface area contributed by atoms with E-state index in [4.69, 9.17) is 0 Å². The fraction of sp³-hybridized carbons (Fsp3) is 0.391. The van der Waals surface area contributed by atoms with Gasteiger partial charge >= 0.3 is 0 Å². The Morgan fingerprint density at radius 1 is 0.365 bits per heavy atom. The lowest BCUT2D eigenvalue weighted by Crippen LogP contribution is -2.62. The van der Waals surface area contributed by atoms with Crippen LogP contribution >= 0.6 is 0 Å². The first kappa shape index (κ1) is 47.5. The number of para-hydroxylation sites is 2. The first-order valence-electron chi connectivity index (χ1n) is 28.1. The zero-order valence-electron chi connectivity index (χ0n) is 46.7. The highest BCUT2D eigenvalue weighted by molar-refractivity contribution is 7.00. The van der Waals surface area contributed by atoms with Crippen LogP contribution < -0.4 is 36.0 Å². The molecule has 376 valence electrons. The number of benzene rings is 7. The van der Waals surface area contributed by atoms with Crippen LogP contribution in [0.5, 0.6) is 0 Å². The van der Waals surface area contributed by atoms with Crippen LogP contribution in [-0.2, 0) is 27.1 Å². The summed E-state index contributed by atoms with van der Waals surface area (Å²) in [5, 5.41) is 0. The van der Waals surface area contributed by atoms with Crippen molar-refractivity contribution >= 4 is 80.0 Å². The van der Waals surface area contributed by atoms with E-state index in [0.29, 0.717) is 0 Å². The summed E-state index contributed by atoms with van der Waals surface area (Å²) in [6.07, 6.45) is 8.44. The summed E-state index contributed by atoms with van der Waals surface area (Å²) in [6.45, 7) is 31.4. The SMILES string of the molecule is CC(C)(C)c1ccc(N2c3ccc(N4c5ccccc5C5(C)CCCCC45C)cc3B3c4ccc(C(C)(C)C)cc4N(c4cccc(C(C)(C)C)c4)c4cc(N5c6ccccc6C6(C)CCCC56C)cc2c43)cc1. The Labute approximate surface area is 443 Å². The molecule has 0 N–H and O–H groups in total. The van der Waals surface area contributed by atoms with E-state index in [1.165, 1.54) is 140 Å². The summed E-state index contributed by atoms with van der Waals surface area (Å²) in [5.74, 6) is 0. The van der Waals surface area contributed by atoms with E-state index in [-0.39, 0.29) is 44.9 Å². The average molecular weight is 973 g/mol. The normalized spacial score (nSPS) is 24.5. The number of hydrogen-bond donors (Lipinski definition) is 0. The zero-order chi connectivity index (χ0) is 51.7. The summed E-state index contributed by atoms with van der Waals surface area (Å²) in [4.78, 5) is 10.9. The minimum atomic E-state index is -0.101. The maximum atomic E-state index is 2.79. The topological polar surface area (TPSA) is 13.0 Å². The van der Waals surface area contributed by atoms with Gasteiger partial charge in [0.2, 0.25) is 0 Å². The van der Waals surface area contributed by atoms with Gasteiger partial charge in [-0.2, -0.15) is 0 Å². The fourth-order valence-electron chi connectivity index (χ4n) is 15.5. The minimum absolute atomic E-state index is 0.0252. The molecule has 74 heavy (non-hydrogen) atoms. The highest BCUT2D eigenvalue weighted by atomic mass is 15.3. The Hall–Kier alpha value is -6.20. The standard InChI is InChI=1S/C69H77BN4/c1-63(2,3)45-28-31-48(32-29-45)71-58-35-33-50(73-56-26-16-14-24-52(56)66(10)36-18-19-38-68(66,73)12)42-55(58)70-54-34-30-47(65(7,8)9)41-59(54)72(49-23-20-22-46(40-49)64(4,5)6)61-44-51(43-60(71)62(61)70)74-57-27-17-15-25-53(57)67(11)37-21-39-69(67,74)13/h14-17,20,22-35,40-44H,18-19,21,36-39H2,1-13H3. The van der Waals surface area contributed by atoms with Gasteiger partial charge in [0.05, 0.1) is 11.1 Å². The van der Waals surface area contributed by atoms with Crippen LogP contribution in [0.25, 0.3) is 0 Å². The van der Waals surface area contributed by atoms with Crippen LogP contribution in [0.15, 0.2) is 146 Å². The second-order valence-corrected chi connectivity index (χ2v) is 27.3. The van der Waals surface area contributed by atoms with E-state index < -0.39 is 0 Å². The summed E-state index contributed by atoms with van der Waals surface area (Å²) < 4.78 is 0. The molecule has 4 atom stereocenters. The lowest BCUT2D eigenvalue weighted by molar-refractivity contribution is 0.195. The number of nitrogens with zero attached hydrogens (tertiary/aromatic N) is 4. The monoisotopic (exact) mass is 973 g/mol. The Balaban J connectivity index is 1.14. The number of anilines is 10. The molecule has 2 saturated carbocycles. The number of fused-ring (bicyclic) bond motifs is 10. The molecule has 5 heteroatoms. The number of rotatable bonds is 4. The molecule has 4 heterocycles. The van der Waals surface area contributed by atoms with Crippen molar-refractivity contribution in [3.63, 3.8) is 0 Å². The van der Waals surface area contributed by atoms with Gasteiger partial charge in [-0.15, -0.1) is 0 Å². The highest BCUT2D eigenvalue weighted by Crippen LogP contribution is 2.64. The summed E-state index contributed by atoms with van der Waals surface area (Å²) in [7, 11) is 0. The van der Waals surface area contributed by atoms with Crippen molar-refractivity contribution in [1.82, 2.24) is 0 Å². The third-order valence-electron chi connectivity index (χ3n) is 20.2. The predicted octanol–water partition coefficient (Wildman–Crippen LogP) is 16.8. The van der Waals surface area contributed by atoms with Crippen LogP contribution in [0.4, 0.5) is 56.9 Å². The fourth-order valence-corrected chi connectivity index (χ4v) is 15.5. The Morgan fingerprint density at radius 3 is 1.50 bits per heavy atom. The first-order valence-corrected chi connectivity index (χ1v) is 28.1. The highest BCUT2D eigenvalue weighted by Gasteiger charge is 2.60. The van der Waals surface area contributed by atoms with E-state index in [9.17, 15) is 0 Å². The molecule has 0 spiro atoms. The van der Waals surface area contributed by atoms with Crippen molar-refractivity contribution in [2.45, 2.75) is 173 Å². The summed E-state index contributed by atoms with van der Waals surface area (Å²) >= 11 is 0. The molecule has 0 bridgehead atoms. The van der Waals surface area contributed by atoms with Gasteiger partial charge in [-0.3, -0.25) is 0 Å². The van der Waals surface area contributed by atoms with Crippen molar-refractivity contribution in [1.29, 1.82) is 0 Å². The maximum absolute atomic E-state index is 2.79. The predicted molar refractivity (Wildman–Crippen MR) is 318 cm³/mol. The van der Waals surface area contributed by atoms with Crippen molar-refractivity contribution in [2.75, 3.05) is 19.6 Å². The molecular weight excluding hydrogens is 896 g/mol. The van der Waals surface area contributed by atoms with Gasteiger partial charge in [-0.05, 0) is 173 Å². The lowest BCUT2D eigenvalue weighted by Gasteiger charge is -2.51. The zero-order valence-corrected chi connectivity index (χ0v) is 46.7. The van der Waals surface area contributed by atoms with Crippen molar-refractivity contribution in [3.8, 4) is 0 Å². The van der Waals surface area contributed by atoms with Crippen LogP contribution in [0.3, 0.4) is 0 Å². The van der Waals surface area contributed by atoms with Crippen molar-refractivity contribution in [3.05, 3.63) is 173 Å². The second kappa shape index (κ2) is 15.7. The third-order valence-corrected chi connectivity index (χ3v) is 20.2. The molecule has 0 radical (unpaired) electrons. The van der Waals surface area contributed by atoms with Gasteiger partial charge < -0.3 is 19.6 Å². The van der Waals surface area contributed by atoms with Crippen LogP contribution in [0.1, 0.15) is 163 Å². The second-order valence-electron chi connectivity index (χ2n) is 27.3. The third kappa shape index (κ3) is 6.46. The maximum Gasteiger partial charge on any atom is 0.252 e. The van der Waals surface area contributed by atoms with Gasteiger partial charge in [-0.1, -0.05) is 168 Å². The van der Waals surface area contributed by atoms with E-state index >= 15 is 0 Å².